The molecule has 0 unspecified atom stereocenters. The molecule has 1 heterocycles. The maximum atomic E-state index is 13.3. The largest absolute Gasteiger partial charge is 0.494 e. The summed E-state index contributed by atoms with van der Waals surface area (Å²) in [6, 6.07) is 12.0. The molecule has 1 saturated heterocycles. The van der Waals surface area contributed by atoms with Gasteiger partial charge in [0.15, 0.2) is 0 Å². The Balaban J connectivity index is 1.60. The normalized spacial score (nSPS) is 15.3. The number of halogens is 1. The molecule has 0 saturated carbocycles. The Hall–Kier alpha value is -3.19. The smallest absolute Gasteiger partial charge is 0.225 e. The number of carbonyl (C=O) groups excluding carboxylic acids is 1. The van der Waals surface area contributed by atoms with E-state index in [4.69, 9.17) is 9.47 Å². The molecule has 0 spiro atoms. The fourth-order valence-electron chi connectivity index (χ4n) is 4.05. The Morgan fingerprint density at radius 1 is 1.17 bits per heavy atom. The molecule has 1 N–H and O–H groups in total. The summed E-state index contributed by atoms with van der Waals surface area (Å²) in [4.78, 5) is 19.2. The van der Waals surface area contributed by atoms with Crippen molar-refractivity contribution in [2.75, 3.05) is 33.4 Å². The van der Waals surface area contributed by atoms with Gasteiger partial charge in [0.1, 0.15) is 17.3 Å². The minimum Gasteiger partial charge on any atom is -0.494 e. The zero-order valence-electron chi connectivity index (χ0n) is 21.6. The van der Waals surface area contributed by atoms with Crippen molar-refractivity contribution in [2.45, 2.75) is 46.1 Å². The van der Waals surface area contributed by atoms with Crippen molar-refractivity contribution in [3.63, 3.8) is 0 Å². The highest BCUT2D eigenvalue weighted by atomic mass is 19.1. The van der Waals surface area contributed by atoms with E-state index in [1.165, 1.54) is 12.1 Å². The second-order valence-corrected chi connectivity index (χ2v) is 9.14. The number of carbonyl (C=O) groups is 1. The summed E-state index contributed by atoms with van der Waals surface area (Å²) in [5.41, 5.74) is 2.41. The third kappa shape index (κ3) is 9.11. The number of benzene rings is 2. The topological polar surface area (TPSA) is 63.2 Å². The summed E-state index contributed by atoms with van der Waals surface area (Å²) in [7, 11) is 2.16. The van der Waals surface area contributed by atoms with Crippen molar-refractivity contribution in [3.05, 3.63) is 65.6 Å². The van der Waals surface area contributed by atoms with Crippen LogP contribution in [0.1, 0.15) is 50.7 Å². The number of rotatable bonds is 12. The molecular formula is C29H38FN3O3. The van der Waals surface area contributed by atoms with E-state index in [1.807, 2.05) is 38.1 Å². The maximum Gasteiger partial charge on any atom is 0.225 e. The van der Waals surface area contributed by atoms with E-state index in [-0.39, 0.29) is 24.7 Å². The molecule has 6 nitrogen and oxygen atoms in total. The zero-order chi connectivity index (χ0) is 25.8. The number of likely N-dealkylation sites (tertiary alicyclic amines) is 1. The van der Waals surface area contributed by atoms with E-state index in [0.29, 0.717) is 25.6 Å². The molecule has 2 aromatic rings. The van der Waals surface area contributed by atoms with E-state index >= 15 is 0 Å². The van der Waals surface area contributed by atoms with Gasteiger partial charge >= 0.3 is 0 Å². The predicted molar refractivity (Wildman–Crippen MR) is 143 cm³/mol. The lowest BCUT2D eigenvalue weighted by Gasteiger charge is -2.29. The molecule has 0 radical (unpaired) electrons. The van der Waals surface area contributed by atoms with Crippen LogP contribution >= 0.6 is 0 Å². The number of hydrogen-bond acceptors (Lipinski definition) is 5. The highest BCUT2D eigenvalue weighted by Crippen LogP contribution is 2.28. The van der Waals surface area contributed by atoms with Crippen LogP contribution in [0.25, 0.3) is 6.08 Å². The van der Waals surface area contributed by atoms with Crippen LogP contribution in [0, 0.1) is 11.7 Å². The molecule has 194 valence electrons. The Morgan fingerprint density at radius 2 is 1.97 bits per heavy atom. The summed E-state index contributed by atoms with van der Waals surface area (Å²) in [6.07, 6.45) is 6.74. The lowest BCUT2D eigenvalue weighted by Crippen LogP contribution is -2.32. The van der Waals surface area contributed by atoms with E-state index in [9.17, 15) is 9.18 Å². The van der Waals surface area contributed by atoms with Gasteiger partial charge < -0.3 is 19.7 Å². The van der Waals surface area contributed by atoms with E-state index in [1.54, 1.807) is 18.3 Å². The molecule has 7 heteroatoms. The summed E-state index contributed by atoms with van der Waals surface area (Å²) in [5, 5.41) is 2.83. The van der Waals surface area contributed by atoms with Crippen molar-refractivity contribution in [2.24, 2.45) is 10.9 Å². The van der Waals surface area contributed by atoms with Crippen LogP contribution in [0.5, 0.6) is 11.5 Å². The van der Waals surface area contributed by atoms with Crippen molar-refractivity contribution < 1.29 is 18.7 Å². The van der Waals surface area contributed by atoms with Gasteiger partial charge in [0.25, 0.3) is 0 Å². The highest BCUT2D eigenvalue weighted by molar-refractivity contribution is 6.01. The molecule has 1 aliphatic heterocycles. The summed E-state index contributed by atoms with van der Waals surface area (Å²) < 4.78 is 25.2. The first-order valence-electron chi connectivity index (χ1n) is 12.8. The minimum absolute atomic E-state index is 0.142. The minimum atomic E-state index is -0.313. The Kier molecular flexibility index (Phi) is 11.0. The lowest BCUT2D eigenvalue weighted by atomic mass is 9.98. The van der Waals surface area contributed by atoms with Gasteiger partial charge in [-0.25, -0.2) is 4.39 Å². The van der Waals surface area contributed by atoms with E-state index in [0.717, 1.165) is 54.3 Å². The molecule has 0 bridgehead atoms. The third-order valence-electron chi connectivity index (χ3n) is 6.27. The SMILES string of the molecule is CCOc1ccc(/C=C/N=C(\CC)CC(=O)NCc2cccc(F)c2)c(OCC2CCN(C)CC2)c1. The first-order chi connectivity index (χ1) is 17.5. The number of piperidine rings is 1. The van der Waals surface area contributed by atoms with Gasteiger partial charge in [-0.05, 0) is 88.1 Å². The van der Waals surface area contributed by atoms with E-state index in [2.05, 4.69) is 22.3 Å². The van der Waals surface area contributed by atoms with E-state index < -0.39 is 0 Å². The first-order valence-corrected chi connectivity index (χ1v) is 12.8. The van der Waals surface area contributed by atoms with Gasteiger partial charge in [-0.2, -0.15) is 0 Å². The average molecular weight is 496 g/mol. The Labute approximate surface area is 214 Å². The van der Waals surface area contributed by atoms with Gasteiger partial charge in [0.05, 0.1) is 19.6 Å². The number of amides is 1. The number of nitrogens with one attached hydrogen (secondary N) is 1. The van der Waals surface area contributed by atoms with Crippen LogP contribution in [-0.4, -0.2) is 49.9 Å². The summed E-state index contributed by atoms with van der Waals surface area (Å²) in [6.45, 7) is 7.69. The first kappa shape index (κ1) is 27.4. The van der Waals surface area contributed by atoms with Crippen molar-refractivity contribution in [1.29, 1.82) is 0 Å². The van der Waals surface area contributed by atoms with Crippen LogP contribution in [0.4, 0.5) is 4.39 Å². The molecular weight excluding hydrogens is 457 g/mol. The predicted octanol–water partition coefficient (Wildman–Crippen LogP) is 5.47. The average Bonchev–Trinajstić information content (AvgIpc) is 2.87. The molecule has 1 fully saturated rings. The number of ether oxygens (including phenoxy) is 2. The molecule has 0 aliphatic carbocycles. The molecule has 1 amide bonds. The number of nitrogens with zero attached hydrogens (tertiary/aromatic N) is 2. The fraction of sp³-hybridized carbons (Fsp3) is 0.448. The Morgan fingerprint density at radius 3 is 2.69 bits per heavy atom. The second-order valence-electron chi connectivity index (χ2n) is 9.14. The van der Waals surface area contributed by atoms with Crippen LogP contribution in [-0.2, 0) is 11.3 Å². The summed E-state index contributed by atoms with van der Waals surface area (Å²) in [5.74, 6) is 1.64. The highest BCUT2D eigenvalue weighted by Gasteiger charge is 2.18. The van der Waals surface area contributed by atoms with Crippen LogP contribution in [0.2, 0.25) is 0 Å². The van der Waals surface area contributed by atoms with Crippen LogP contribution < -0.4 is 14.8 Å². The van der Waals surface area contributed by atoms with Crippen molar-refractivity contribution >= 4 is 17.7 Å². The van der Waals surface area contributed by atoms with Gasteiger partial charge in [-0.15, -0.1) is 0 Å². The van der Waals surface area contributed by atoms with Gasteiger partial charge in [0.2, 0.25) is 5.91 Å². The fourth-order valence-corrected chi connectivity index (χ4v) is 4.05. The molecule has 3 rings (SSSR count). The lowest BCUT2D eigenvalue weighted by molar-refractivity contribution is -0.120. The molecule has 2 aromatic carbocycles. The van der Waals surface area contributed by atoms with Crippen molar-refractivity contribution in [1.82, 2.24) is 10.2 Å². The van der Waals surface area contributed by atoms with Crippen LogP contribution in [0.3, 0.4) is 0 Å². The van der Waals surface area contributed by atoms with Gasteiger partial charge in [-0.1, -0.05) is 19.1 Å². The standard InChI is InChI=1S/C29H38FN3O3/c1-4-26(18-29(34)32-20-23-7-6-8-25(30)17-23)31-14-11-24-9-10-27(35-5-2)19-28(24)36-21-22-12-15-33(3)16-13-22/h6-11,14,17,19,22H,4-5,12-13,15-16,18,20-21H2,1-3H3,(H,32,34)/b14-11+,31-26+. The second kappa shape index (κ2) is 14.4. The Bertz CT molecular complexity index is 1050. The maximum absolute atomic E-state index is 13.3. The summed E-state index contributed by atoms with van der Waals surface area (Å²) >= 11 is 0. The zero-order valence-corrected chi connectivity index (χ0v) is 21.6. The molecule has 36 heavy (non-hydrogen) atoms. The van der Waals surface area contributed by atoms with Crippen LogP contribution in [0.15, 0.2) is 53.7 Å². The third-order valence-corrected chi connectivity index (χ3v) is 6.27. The molecule has 0 atom stereocenters. The van der Waals surface area contributed by atoms with Gasteiger partial charge in [0, 0.05) is 30.1 Å². The number of hydrogen-bond donors (Lipinski definition) is 1. The molecule has 1 aliphatic rings. The number of aliphatic imine (C=N–C) groups is 1. The van der Waals surface area contributed by atoms with Gasteiger partial charge in [-0.3, -0.25) is 9.79 Å². The quantitative estimate of drug-likeness (QED) is 0.397. The molecule has 0 aromatic heterocycles. The monoisotopic (exact) mass is 495 g/mol. The van der Waals surface area contributed by atoms with Crippen molar-refractivity contribution in [3.8, 4) is 11.5 Å².